The van der Waals surface area contributed by atoms with E-state index in [1.54, 1.807) is 0 Å². The van der Waals surface area contributed by atoms with Gasteiger partial charge in [-0.3, -0.25) is 9.59 Å². The molecule has 1 aromatic carbocycles. The van der Waals surface area contributed by atoms with E-state index < -0.39 is 29.1 Å². The Morgan fingerprint density at radius 2 is 2.06 bits per heavy atom. The maximum absolute atomic E-state index is 12.9. The normalized spacial score (nSPS) is 27.7. The molecule has 8 heteroatoms. The summed E-state index contributed by atoms with van der Waals surface area (Å²) in [4.78, 5) is 30.2. The molecule has 2 saturated heterocycles. The van der Waals surface area contributed by atoms with Gasteiger partial charge in [0.05, 0.1) is 12.3 Å². The molecule has 0 radical (unpaired) electrons. The van der Waals surface area contributed by atoms with Crippen LogP contribution in [0, 0.1) is 18.3 Å². The summed E-state index contributed by atoms with van der Waals surface area (Å²) in [5.41, 5.74) is 0.444. The first kappa shape index (κ1) is 21.8. The number of para-hydroxylation sites is 1. The molecule has 1 N–H and O–H groups in total. The van der Waals surface area contributed by atoms with Crippen molar-refractivity contribution in [3.05, 3.63) is 40.9 Å². The number of nitrogens with one attached hydrogen (secondary N) is 1. The van der Waals surface area contributed by atoms with Crippen molar-refractivity contribution in [2.75, 3.05) is 18.5 Å². The van der Waals surface area contributed by atoms with Gasteiger partial charge in [-0.2, -0.15) is 0 Å². The summed E-state index contributed by atoms with van der Waals surface area (Å²) in [7, 11) is 0. The fourth-order valence-electron chi connectivity index (χ4n) is 4.15. The van der Waals surface area contributed by atoms with E-state index in [4.69, 9.17) is 14.2 Å². The largest absolute Gasteiger partial charge is 0.459 e. The topological polar surface area (TPSA) is 86.8 Å². The Morgan fingerprint density at radius 1 is 1.29 bits per heavy atom. The standard InChI is InChI=1S/C23H28N2O5S/c1-14(2)10-28-11-16-9-23(19(26)29-16)13-22(4,30-20(23)27)18-12-31-21(25-18)24-17-8-6-5-7-15(17)3/h5-8,12,14,16H,9-11,13H2,1-4H3,(H,24,25)/t16?,22-,23-/m0/s1. The minimum atomic E-state index is -1.28. The van der Waals surface area contributed by atoms with E-state index in [1.165, 1.54) is 11.3 Å². The van der Waals surface area contributed by atoms with Crippen LogP contribution < -0.4 is 5.32 Å². The second-order valence-corrected chi connectivity index (χ2v) is 9.88. The minimum absolute atomic E-state index is 0.214. The van der Waals surface area contributed by atoms with E-state index in [0.29, 0.717) is 23.4 Å². The SMILES string of the molecule is Cc1ccccc1Nc1nc([C@]2(C)C[C@]3(CC(COCC(C)C)OC3=O)C(=O)O2)cs1. The van der Waals surface area contributed by atoms with Crippen LogP contribution in [0.2, 0.25) is 0 Å². The number of cyclic esters (lactones) is 2. The van der Waals surface area contributed by atoms with Gasteiger partial charge in [-0.25, -0.2) is 4.98 Å². The lowest BCUT2D eigenvalue weighted by molar-refractivity contribution is -0.160. The van der Waals surface area contributed by atoms with Gasteiger partial charge in [-0.15, -0.1) is 11.3 Å². The fourth-order valence-corrected chi connectivity index (χ4v) is 4.99. The van der Waals surface area contributed by atoms with Crippen LogP contribution in [0.1, 0.15) is 44.9 Å². The molecule has 0 aliphatic carbocycles. The molecule has 2 aromatic rings. The van der Waals surface area contributed by atoms with Crippen LogP contribution >= 0.6 is 11.3 Å². The van der Waals surface area contributed by atoms with E-state index in [-0.39, 0.29) is 19.4 Å². The molecular weight excluding hydrogens is 416 g/mol. The second-order valence-electron chi connectivity index (χ2n) is 9.02. The lowest BCUT2D eigenvalue weighted by Crippen LogP contribution is -2.32. The Kier molecular flexibility index (Phi) is 5.79. The number of hydrogen-bond donors (Lipinski definition) is 1. The van der Waals surface area contributed by atoms with Gasteiger partial charge < -0.3 is 19.5 Å². The molecule has 3 heterocycles. The molecule has 0 saturated carbocycles. The average molecular weight is 445 g/mol. The lowest BCUT2D eigenvalue weighted by Gasteiger charge is -2.20. The number of nitrogens with zero attached hydrogens (tertiary/aromatic N) is 1. The summed E-state index contributed by atoms with van der Waals surface area (Å²) in [6.07, 6.45) is 0.0535. The fraction of sp³-hybridized carbons (Fsp3) is 0.522. The third kappa shape index (κ3) is 4.19. The first-order valence-corrected chi connectivity index (χ1v) is 11.4. The number of hydrogen-bond acceptors (Lipinski definition) is 8. The number of carbonyl (C=O) groups is 2. The Morgan fingerprint density at radius 3 is 2.81 bits per heavy atom. The minimum Gasteiger partial charge on any atom is -0.459 e. The van der Waals surface area contributed by atoms with Crippen LogP contribution in [0.25, 0.3) is 0 Å². The molecule has 7 nitrogen and oxygen atoms in total. The molecule has 4 rings (SSSR count). The Hall–Kier alpha value is -2.45. The van der Waals surface area contributed by atoms with Crippen LogP contribution in [-0.4, -0.2) is 36.2 Å². The van der Waals surface area contributed by atoms with Gasteiger partial charge in [0.2, 0.25) is 0 Å². The van der Waals surface area contributed by atoms with Crippen molar-refractivity contribution in [1.29, 1.82) is 0 Å². The monoisotopic (exact) mass is 444 g/mol. The van der Waals surface area contributed by atoms with E-state index in [1.807, 2.05) is 43.5 Å². The van der Waals surface area contributed by atoms with Crippen molar-refractivity contribution in [3.63, 3.8) is 0 Å². The average Bonchev–Trinajstić information content (AvgIpc) is 3.36. The highest BCUT2D eigenvalue weighted by molar-refractivity contribution is 7.13. The van der Waals surface area contributed by atoms with Gasteiger partial charge in [-0.1, -0.05) is 32.0 Å². The van der Waals surface area contributed by atoms with Crippen molar-refractivity contribution >= 4 is 34.1 Å². The molecule has 0 bridgehead atoms. The molecule has 166 valence electrons. The zero-order valence-electron chi connectivity index (χ0n) is 18.3. The van der Waals surface area contributed by atoms with Crippen molar-refractivity contribution < 1.29 is 23.8 Å². The van der Waals surface area contributed by atoms with Gasteiger partial charge in [0.25, 0.3) is 0 Å². The van der Waals surface area contributed by atoms with Crippen LogP contribution in [0.4, 0.5) is 10.8 Å². The second kappa shape index (κ2) is 8.24. The predicted molar refractivity (Wildman–Crippen MR) is 117 cm³/mol. The number of aryl methyl sites for hydroxylation is 1. The maximum atomic E-state index is 12.9. The first-order chi connectivity index (χ1) is 14.7. The third-order valence-corrected chi connectivity index (χ3v) is 6.53. The smallest absolute Gasteiger partial charge is 0.324 e. The van der Waals surface area contributed by atoms with Crippen molar-refractivity contribution in [1.82, 2.24) is 4.98 Å². The quantitative estimate of drug-likeness (QED) is 0.502. The number of esters is 2. The van der Waals surface area contributed by atoms with Crippen LogP contribution in [0.3, 0.4) is 0 Å². The molecule has 31 heavy (non-hydrogen) atoms. The number of rotatable bonds is 7. The molecule has 2 fully saturated rings. The highest BCUT2D eigenvalue weighted by atomic mass is 32.1. The van der Waals surface area contributed by atoms with Gasteiger partial charge >= 0.3 is 11.9 Å². The molecule has 2 aliphatic rings. The molecule has 1 unspecified atom stereocenters. The first-order valence-electron chi connectivity index (χ1n) is 10.5. The summed E-state index contributed by atoms with van der Waals surface area (Å²) in [5, 5.41) is 5.89. The molecular formula is C23H28N2O5S. The number of aromatic nitrogens is 1. The van der Waals surface area contributed by atoms with E-state index in [2.05, 4.69) is 24.1 Å². The summed E-state index contributed by atoms with van der Waals surface area (Å²) in [6, 6.07) is 7.95. The molecule has 3 atom stereocenters. The molecule has 1 spiro atoms. The summed E-state index contributed by atoms with van der Waals surface area (Å²) in [5.74, 6) is -0.668. The van der Waals surface area contributed by atoms with E-state index in [0.717, 1.165) is 11.3 Å². The summed E-state index contributed by atoms with van der Waals surface area (Å²) < 4.78 is 16.9. The van der Waals surface area contributed by atoms with Gasteiger partial charge in [0.15, 0.2) is 16.1 Å². The zero-order chi connectivity index (χ0) is 22.2. The zero-order valence-corrected chi connectivity index (χ0v) is 19.1. The Bertz CT molecular complexity index is 990. The maximum Gasteiger partial charge on any atom is 0.324 e. The van der Waals surface area contributed by atoms with Gasteiger partial charge in [0.1, 0.15) is 6.10 Å². The van der Waals surface area contributed by atoms with Crippen LogP contribution in [-0.2, 0) is 29.4 Å². The predicted octanol–water partition coefficient (Wildman–Crippen LogP) is 4.33. The van der Waals surface area contributed by atoms with Gasteiger partial charge in [0, 0.05) is 30.5 Å². The Labute approximate surface area is 186 Å². The molecule has 2 aliphatic heterocycles. The van der Waals surface area contributed by atoms with Crippen LogP contribution in [0.5, 0.6) is 0 Å². The highest BCUT2D eigenvalue weighted by Crippen LogP contribution is 2.52. The van der Waals surface area contributed by atoms with E-state index in [9.17, 15) is 9.59 Å². The van der Waals surface area contributed by atoms with Crippen molar-refractivity contribution in [2.24, 2.45) is 11.3 Å². The van der Waals surface area contributed by atoms with Crippen molar-refractivity contribution in [3.8, 4) is 0 Å². The third-order valence-electron chi connectivity index (χ3n) is 5.78. The lowest BCUT2D eigenvalue weighted by atomic mass is 9.78. The number of carbonyl (C=O) groups excluding carboxylic acids is 2. The van der Waals surface area contributed by atoms with E-state index >= 15 is 0 Å². The number of thiazole rings is 1. The molecule has 0 amide bonds. The number of ether oxygens (including phenoxy) is 3. The summed E-state index contributed by atoms with van der Waals surface area (Å²) >= 11 is 1.44. The van der Waals surface area contributed by atoms with Crippen LogP contribution in [0.15, 0.2) is 29.6 Å². The Balaban J connectivity index is 1.48. The number of anilines is 2. The van der Waals surface area contributed by atoms with Crippen molar-refractivity contribution in [2.45, 2.75) is 52.2 Å². The summed E-state index contributed by atoms with van der Waals surface area (Å²) in [6.45, 7) is 8.81. The highest BCUT2D eigenvalue weighted by Gasteiger charge is 2.65. The van der Waals surface area contributed by atoms with Gasteiger partial charge in [-0.05, 0) is 31.4 Å². The number of benzene rings is 1. The molecule has 1 aromatic heterocycles.